The summed E-state index contributed by atoms with van der Waals surface area (Å²) in [4.78, 5) is 14.0. The number of hydrogen-bond donors (Lipinski definition) is 1. The molecule has 1 aliphatic carbocycles. The van der Waals surface area contributed by atoms with Crippen LogP contribution in [0.2, 0.25) is 5.02 Å². The number of amides is 1. The Morgan fingerprint density at radius 2 is 2.33 bits per heavy atom. The first-order valence-corrected chi connectivity index (χ1v) is 13.7. The lowest BCUT2D eigenvalue weighted by atomic mass is 9.86. The van der Waals surface area contributed by atoms with Crippen molar-refractivity contribution in [1.29, 1.82) is 5.26 Å². The number of anilines is 1. The maximum atomic E-state index is 13.4. The average molecular weight is 546 g/mol. The molecule has 3 aromatic rings. The van der Waals surface area contributed by atoms with E-state index >= 15 is 0 Å². The van der Waals surface area contributed by atoms with Crippen LogP contribution in [0.15, 0.2) is 36.0 Å². The lowest BCUT2D eigenvalue weighted by Crippen LogP contribution is -2.15. The van der Waals surface area contributed by atoms with Crippen LogP contribution < -0.4 is 10.1 Å². The molecule has 0 bridgehead atoms. The van der Waals surface area contributed by atoms with Crippen LogP contribution in [0, 0.1) is 23.1 Å². The Kier molecular flexibility index (Phi) is 8.67. The molecule has 7 nitrogen and oxygen atoms in total. The fourth-order valence-corrected chi connectivity index (χ4v) is 6.33. The number of fused-ring (bicyclic) bond motifs is 1. The second-order valence-electron chi connectivity index (χ2n) is 8.34. The molecular weight excluding hydrogens is 521 g/mol. The van der Waals surface area contributed by atoms with Gasteiger partial charge in [0.05, 0.1) is 16.3 Å². The number of nitriles is 1. The molecule has 1 unspecified atom stereocenters. The summed E-state index contributed by atoms with van der Waals surface area (Å²) in [6, 6.07) is 6.40. The van der Waals surface area contributed by atoms with Crippen molar-refractivity contribution < 1.29 is 13.9 Å². The van der Waals surface area contributed by atoms with Crippen LogP contribution in [0.3, 0.4) is 0 Å². The Hall–Kier alpha value is -2.87. The van der Waals surface area contributed by atoms with Gasteiger partial charge < -0.3 is 10.1 Å². The van der Waals surface area contributed by atoms with Crippen LogP contribution in [-0.2, 0) is 30.8 Å². The second-order valence-corrected chi connectivity index (χ2v) is 10.8. The Balaban J connectivity index is 1.40. The van der Waals surface area contributed by atoms with E-state index < -0.39 is 5.82 Å². The molecule has 11 heteroatoms. The number of allylic oxidation sites excluding steroid dienone is 1. The number of benzene rings is 1. The van der Waals surface area contributed by atoms with Crippen LogP contribution in [0.1, 0.15) is 41.6 Å². The quantitative estimate of drug-likeness (QED) is 0.247. The third kappa shape index (κ3) is 5.91. The molecule has 0 saturated carbocycles. The molecule has 1 amide bonds. The lowest BCUT2D eigenvalue weighted by molar-refractivity contribution is -0.113. The van der Waals surface area contributed by atoms with E-state index in [1.165, 1.54) is 46.2 Å². The fraction of sp³-hybridized carbons (Fsp3) is 0.360. The molecule has 1 atom stereocenters. The zero-order chi connectivity index (χ0) is 25.7. The average Bonchev–Trinajstić information content (AvgIpc) is 3.42. The van der Waals surface area contributed by atoms with E-state index in [1.54, 1.807) is 10.6 Å². The van der Waals surface area contributed by atoms with E-state index in [2.05, 4.69) is 35.1 Å². The summed E-state index contributed by atoms with van der Waals surface area (Å²) in [6.45, 7) is 6.48. The highest BCUT2D eigenvalue weighted by Crippen LogP contribution is 2.40. The van der Waals surface area contributed by atoms with E-state index in [1.807, 2.05) is 0 Å². The first-order valence-electron chi connectivity index (χ1n) is 11.5. The molecule has 1 aromatic carbocycles. The van der Waals surface area contributed by atoms with Crippen molar-refractivity contribution in [2.45, 2.75) is 50.9 Å². The number of ether oxygens (including phenoxy) is 1. The summed E-state index contributed by atoms with van der Waals surface area (Å²) < 4.78 is 20.9. The number of aromatic nitrogens is 3. The molecule has 188 valence electrons. The summed E-state index contributed by atoms with van der Waals surface area (Å²) in [5, 5.41) is 22.1. The zero-order valence-electron chi connectivity index (χ0n) is 19.7. The van der Waals surface area contributed by atoms with Gasteiger partial charge in [-0.3, -0.25) is 9.36 Å². The monoisotopic (exact) mass is 545 g/mol. The number of halogens is 2. The molecule has 2 aromatic heterocycles. The molecule has 0 radical (unpaired) electrons. The summed E-state index contributed by atoms with van der Waals surface area (Å²) in [7, 11) is 0. The van der Waals surface area contributed by atoms with Crippen molar-refractivity contribution in [2.24, 2.45) is 5.92 Å². The van der Waals surface area contributed by atoms with Crippen LogP contribution in [-0.4, -0.2) is 26.4 Å². The molecule has 0 aliphatic heterocycles. The van der Waals surface area contributed by atoms with Gasteiger partial charge in [-0.2, -0.15) is 5.26 Å². The second kappa shape index (κ2) is 11.9. The number of nitrogens with one attached hydrogen (secondary N) is 1. The van der Waals surface area contributed by atoms with Crippen molar-refractivity contribution in [3.05, 3.63) is 63.5 Å². The number of carbonyl (C=O) groups excluding carboxylic acids is 1. The highest BCUT2D eigenvalue weighted by Gasteiger charge is 2.26. The van der Waals surface area contributed by atoms with Gasteiger partial charge in [0, 0.05) is 17.5 Å². The predicted octanol–water partition coefficient (Wildman–Crippen LogP) is 6.01. The van der Waals surface area contributed by atoms with E-state index in [0.717, 1.165) is 31.2 Å². The van der Waals surface area contributed by atoms with E-state index in [9.17, 15) is 14.4 Å². The molecule has 0 spiro atoms. The Morgan fingerprint density at radius 3 is 3.06 bits per heavy atom. The van der Waals surface area contributed by atoms with E-state index in [4.69, 9.17) is 16.3 Å². The van der Waals surface area contributed by atoms with E-state index in [0.29, 0.717) is 39.8 Å². The Labute approximate surface area is 222 Å². The number of nitrogens with zero attached hydrogens (tertiary/aromatic N) is 4. The molecule has 1 aliphatic rings. The minimum Gasteiger partial charge on any atom is -0.486 e. The van der Waals surface area contributed by atoms with E-state index in [-0.39, 0.29) is 23.3 Å². The van der Waals surface area contributed by atoms with Crippen LogP contribution >= 0.6 is 34.7 Å². The third-order valence-electron chi connectivity index (χ3n) is 6.01. The maximum absolute atomic E-state index is 13.4. The van der Waals surface area contributed by atoms with Gasteiger partial charge in [0.2, 0.25) is 5.91 Å². The Bertz CT molecular complexity index is 1320. The smallest absolute Gasteiger partial charge is 0.235 e. The highest BCUT2D eigenvalue weighted by atomic mass is 35.5. The van der Waals surface area contributed by atoms with Crippen molar-refractivity contribution in [1.82, 2.24) is 14.8 Å². The summed E-state index contributed by atoms with van der Waals surface area (Å²) >= 11 is 8.57. The number of thiophene rings is 1. The van der Waals surface area contributed by atoms with Crippen LogP contribution in [0.5, 0.6) is 5.75 Å². The lowest BCUT2D eigenvalue weighted by Gasteiger charge is -2.20. The highest BCUT2D eigenvalue weighted by molar-refractivity contribution is 7.99. The molecule has 1 N–H and O–H groups in total. The number of hydrogen-bond acceptors (Lipinski definition) is 7. The summed E-state index contributed by atoms with van der Waals surface area (Å²) in [5.74, 6) is 0.937. The van der Waals surface area contributed by atoms with Gasteiger partial charge >= 0.3 is 0 Å². The van der Waals surface area contributed by atoms with Gasteiger partial charge in [-0.25, -0.2) is 4.39 Å². The van der Waals surface area contributed by atoms with Crippen molar-refractivity contribution >= 4 is 45.6 Å². The minimum absolute atomic E-state index is 0.0290. The molecule has 0 saturated heterocycles. The maximum Gasteiger partial charge on any atom is 0.235 e. The topological polar surface area (TPSA) is 92.8 Å². The van der Waals surface area contributed by atoms with Gasteiger partial charge in [0.15, 0.2) is 11.0 Å². The van der Waals surface area contributed by atoms with Gasteiger partial charge in [-0.15, -0.1) is 28.1 Å². The first-order chi connectivity index (χ1) is 17.4. The normalized spacial score (nSPS) is 14.7. The van der Waals surface area contributed by atoms with Gasteiger partial charge in [-0.1, -0.05) is 42.8 Å². The molecule has 0 fully saturated rings. The Morgan fingerprint density at radius 1 is 1.50 bits per heavy atom. The SMILES string of the molecule is C=CCn1c(COc2ccc(F)c(Cl)c2)nnc1SCC(=O)Nc1sc2c(c1C#N)CCC(CC)C2. The summed E-state index contributed by atoms with van der Waals surface area (Å²) in [6.07, 6.45) is 5.75. The van der Waals surface area contributed by atoms with Gasteiger partial charge in [-0.05, 0) is 42.9 Å². The minimum atomic E-state index is -0.523. The van der Waals surface area contributed by atoms with Gasteiger partial charge in [0.25, 0.3) is 0 Å². The zero-order valence-corrected chi connectivity index (χ0v) is 22.1. The molecular formula is C25H25ClFN5O2S2. The predicted molar refractivity (Wildman–Crippen MR) is 140 cm³/mol. The fourth-order valence-electron chi connectivity index (χ4n) is 4.06. The standard InChI is InChI=1S/C25H25ClFN5O2S2/c1-3-9-32-22(13-34-16-6-8-20(27)19(26)11-16)30-31-25(32)35-14-23(33)29-24-18(12-28)17-7-5-15(4-2)10-21(17)36-24/h3,6,8,11,15H,1,4-5,7,9-10,13-14H2,2H3,(H,29,33). The van der Waals surface area contributed by atoms with Crippen molar-refractivity contribution in [3.63, 3.8) is 0 Å². The van der Waals surface area contributed by atoms with Gasteiger partial charge in [0.1, 0.15) is 29.2 Å². The molecule has 4 rings (SSSR count). The van der Waals surface area contributed by atoms with Crippen molar-refractivity contribution in [2.75, 3.05) is 11.1 Å². The van der Waals surface area contributed by atoms with Crippen LogP contribution in [0.4, 0.5) is 9.39 Å². The number of thioether (sulfide) groups is 1. The van der Waals surface area contributed by atoms with Crippen LogP contribution in [0.25, 0.3) is 0 Å². The molecule has 36 heavy (non-hydrogen) atoms. The number of carbonyl (C=O) groups is 1. The van der Waals surface area contributed by atoms with Crippen molar-refractivity contribution in [3.8, 4) is 11.8 Å². The number of rotatable bonds is 10. The third-order valence-corrected chi connectivity index (χ3v) is 8.43. The largest absolute Gasteiger partial charge is 0.486 e. The first kappa shape index (κ1) is 26.2. The molecule has 2 heterocycles. The summed E-state index contributed by atoms with van der Waals surface area (Å²) in [5.41, 5.74) is 1.69.